The summed E-state index contributed by atoms with van der Waals surface area (Å²) in [5.74, 6) is 0.210. The van der Waals surface area contributed by atoms with E-state index in [1.54, 1.807) is 38.6 Å². The highest BCUT2D eigenvalue weighted by molar-refractivity contribution is 7.98. The molecule has 1 aliphatic rings. The minimum Gasteiger partial charge on any atom is -0.493 e. The third-order valence-electron chi connectivity index (χ3n) is 8.15. The van der Waals surface area contributed by atoms with Gasteiger partial charge in [0, 0.05) is 80.7 Å². The van der Waals surface area contributed by atoms with Gasteiger partial charge in [-0.15, -0.1) is 0 Å². The zero-order chi connectivity index (χ0) is 32.6. The van der Waals surface area contributed by atoms with Gasteiger partial charge in [-0.2, -0.15) is 0 Å². The SMILES string of the molecule is CCN1CCN(CCCOc2cc(F)c(CSc3ncc(N(C)c4ccc(OC)c(OC)c4)n3-c3ccc(F)cc3)c(F)c2)CC1. The van der Waals surface area contributed by atoms with Gasteiger partial charge in [0.25, 0.3) is 0 Å². The Kier molecular flexibility index (Phi) is 11.4. The fraction of sp³-hybridized carbons (Fsp3) is 0.382. The Morgan fingerprint density at radius 3 is 2.20 bits per heavy atom. The maximum absolute atomic E-state index is 15.2. The second-order valence-corrected chi connectivity index (χ2v) is 11.9. The monoisotopic (exact) mass is 655 g/mol. The molecule has 0 radical (unpaired) electrons. The maximum Gasteiger partial charge on any atom is 0.174 e. The third kappa shape index (κ3) is 7.91. The van der Waals surface area contributed by atoms with E-state index in [-0.39, 0.29) is 22.9 Å². The van der Waals surface area contributed by atoms with Crippen LogP contribution in [0.5, 0.6) is 17.2 Å². The predicted octanol–water partition coefficient (Wildman–Crippen LogP) is 6.77. The van der Waals surface area contributed by atoms with E-state index in [2.05, 4.69) is 21.7 Å². The van der Waals surface area contributed by atoms with Crippen LogP contribution in [0.15, 0.2) is 66.0 Å². The molecule has 5 rings (SSSR count). The van der Waals surface area contributed by atoms with Crippen LogP contribution in [0.25, 0.3) is 5.69 Å². The van der Waals surface area contributed by atoms with Gasteiger partial charge >= 0.3 is 0 Å². The van der Waals surface area contributed by atoms with Crippen molar-refractivity contribution in [3.63, 3.8) is 0 Å². The first-order valence-electron chi connectivity index (χ1n) is 15.3. The smallest absolute Gasteiger partial charge is 0.174 e. The number of methoxy groups -OCH3 is 2. The Labute approximate surface area is 272 Å². The van der Waals surface area contributed by atoms with Crippen molar-refractivity contribution in [1.82, 2.24) is 19.4 Å². The van der Waals surface area contributed by atoms with Crippen molar-refractivity contribution >= 4 is 23.3 Å². The molecule has 1 fully saturated rings. The lowest BCUT2D eigenvalue weighted by Crippen LogP contribution is -2.46. The van der Waals surface area contributed by atoms with Gasteiger partial charge in [0.2, 0.25) is 0 Å². The number of thioether (sulfide) groups is 1. The first kappa shape index (κ1) is 33.5. The molecule has 1 aliphatic heterocycles. The molecule has 0 bridgehead atoms. The molecule has 4 aromatic rings. The van der Waals surface area contributed by atoms with E-state index in [0.29, 0.717) is 34.8 Å². The zero-order valence-electron chi connectivity index (χ0n) is 26.6. The van der Waals surface area contributed by atoms with Crippen molar-refractivity contribution < 1.29 is 27.4 Å². The molecule has 0 spiro atoms. The number of anilines is 2. The molecule has 1 aromatic heterocycles. The van der Waals surface area contributed by atoms with Crippen LogP contribution in [-0.4, -0.2) is 86.5 Å². The Morgan fingerprint density at radius 2 is 1.54 bits per heavy atom. The van der Waals surface area contributed by atoms with E-state index in [9.17, 15) is 4.39 Å². The maximum atomic E-state index is 15.2. The molecule has 0 unspecified atom stereocenters. The van der Waals surface area contributed by atoms with Crippen LogP contribution in [-0.2, 0) is 5.75 Å². The summed E-state index contributed by atoms with van der Waals surface area (Å²) in [5.41, 5.74) is 1.35. The fourth-order valence-corrected chi connectivity index (χ4v) is 6.41. The topological polar surface area (TPSA) is 55.2 Å². The van der Waals surface area contributed by atoms with Crippen molar-refractivity contribution in [2.24, 2.45) is 0 Å². The van der Waals surface area contributed by atoms with E-state index in [1.165, 1.54) is 36.0 Å². The lowest BCUT2D eigenvalue weighted by molar-refractivity contribution is 0.130. The number of hydrogen-bond acceptors (Lipinski definition) is 8. The molecule has 0 aliphatic carbocycles. The van der Waals surface area contributed by atoms with Gasteiger partial charge < -0.3 is 28.9 Å². The quantitative estimate of drug-likeness (QED) is 0.109. The van der Waals surface area contributed by atoms with Gasteiger partial charge in [0.05, 0.1) is 27.0 Å². The molecule has 0 atom stereocenters. The number of halogens is 3. The van der Waals surface area contributed by atoms with Crippen LogP contribution in [0, 0.1) is 17.5 Å². The number of imidazole rings is 1. The molecule has 0 N–H and O–H groups in total. The van der Waals surface area contributed by atoms with Crippen LogP contribution >= 0.6 is 11.8 Å². The van der Waals surface area contributed by atoms with Crippen molar-refractivity contribution in [1.29, 1.82) is 0 Å². The summed E-state index contributed by atoms with van der Waals surface area (Å²) in [4.78, 5) is 11.3. The van der Waals surface area contributed by atoms with Crippen molar-refractivity contribution in [2.75, 3.05) is 72.0 Å². The van der Waals surface area contributed by atoms with E-state index in [4.69, 9.17) is 14.2 Å². The van der Waals surface area contributed by atoms with Crippen LogP contribution in [0.4, 0.5) is 24.7 Å². The Bertz CT molecular complexity index is 1570. The number of hydrogen-bond donors (Lipinski definition) is 0. The lowest BCUT2D eigenvalue weighted by atomic mass is 10.2. The number of ether oxygens (including phenoxy) is 3. The molecular formula is C34H40F3N5O3S. The summed E-state index contributed by atoms with van der Waals surface area (Å²) in [6, 6.07) is 13.9. The highest BCUT2D eigenvalue weighted by Gasteiger charge is 2.21. The number of rotatable bonds is 14. The van der Waals surface area contributed by atoms with Crippen molar-refractivity contribution in [2.45, 2.75) is 24.3 Å². The molecule has 46 heavy (non-hydrogen) atoms. The van der Waals surface area contributed by atoms with E-state index in [1.807, 2.05) is 28.6 Å². The van der Waals surface area contributed by atoms with Gasteiger partial charge in [-0.25, -0.2) is 18.2 Å². The average Bonchev–Trinajstić information content (AvgIpc) is 3.50. The van der Waals surface area contributed by atoms with E-state index >= 15 is 8.78 Å². The Balaban J connectivity index is 1.29. The highest BCUT2D eigenvalue weighted by Crippen LogP contribution is 2.37. The minimum absolute atomic E-state index is 0.0145. The standard InChI is InChI=1S/C34H40F3N5O3S/c1-5-40-14-16-41(17-15-40)13-6-18-45-27-20-29(36)28(30(37)21-27)23-46-34-38-22-33(42(34)25-9-7-24(35)8-10-25)39(2)26-11-12-31(43-3)32(19-26)44-4/h7-12,19-22H,5-6,13-18,23H2,1-4H3. The summed E-state index contributed by atoms with van der Waals surface area (Å²) in [7, 11) is 4.99. The van der Waals surface area contributed by atoms with Crippen molar-refractivity contribution in [3.8, 4) is 22.9 Å². The average molecular weight is 656 g/mol. The molecule has 1 saturated heterocycles. The Morgan fingerprint density at radius 1 is 0.870 bits per heavy atom. The van der Waals surface area contributed by atoms with Crippen LogP contribution in [0.3, 0.4) is 0 Å². The molecule has 8 nitrogen and oxygen atoms in total. The molecule has 0 saturated carbocycles. The summed E-state index contributed by atoms with van der Waals surface area (Å²) >= 11 is 1.18. The first-order valence-corrected chi connectivity index (χ1v) is 16.3. The number of nitrogens with zero attached hydrogens (tertiary/aromatic N) is 5. The Hall–Kier alpha value is -3.87. The van der Waals surface area contributed by atoms with Crippen LogP contribution in [0.2, 0.25) is 0 Å². The summed E-state index contributed by atoms with van der Waals surface area (Å²) in [5, 5.41) is 0.479. The van der Waals surface area contributed by atoms with Crippen LogP contribution in [0.1, 0.15) is 18.9 Å². The minimum atomic E-state index is -0.680. The number of benzene rings is 3. The van der Waals surface area contributed by atoms with Gasteiger partial charge in [-0.1, -0.05) is 18.7 Å². The van der Waals surface area contributed by atoms with E-state index < -0.39 is 11.6 Å². The van der Waals surface area contributed by atoms with Gasteiger partial charge in [0.1, 0.15) is 29.0 Å². The van der Waals surface area contributed by atoms with E-state index in [0.717, 1.165) is 51.4 Å². The molecule has 12 heteroatoms. The van der Waals surface area contributed by atoms with Crippen LogP contribution < -0.4 is 19.1 Å². The number of likely N-dealkylation sites (N-methyl/N-ethyl adjacent to an activating group) is 1. The van der Waals surface area contributed by atoms with Gasteiger partial charge in [-0.3, -0.25) is 4.57 Å². The number of aromatic nitrogens is 2. The van der Waals surface area contributed by atoms with Gasteiger partial charge in [0.15, 0.2) is 16.7 Å². The lowest BCUT2D eigenvalue weighted by Gasteiger charge is -2.33. The zero-order valence-corrected chi connectivity index (χ0v) is 27.5. The molecule has 3 aromatic carbocycles. The summed E-state index contributed by atoms with van der Waals surface area (Å²) in [6.45, 7) is 8.69. The largest absolute Gasteiger partial charge is 0.493 e. The second-order valence-electron chi connectivity index (χ2n) is 10.9. The summed E-state index contributed by atoms with van der Waals surface area (Å²) in [6.07, 6.45) is 2.44. The first-order chi connectivity index (χ1) is 22.3. The normalized spacial score (nSPS) is 14.0. The molecular weight excluding hydrogens is 615 g/mol. The molecule has 0 amide bonds. The molecule has 246 valence electrons. The predicted molar refractivity (Wildman–Crippen MR) is 176 cm³/mol. The van der Waals surface area contributed by atoms with Gasteiger partial charge in [-0.05, 0) is 49.4 Å². The van der Waals surface area contributed by atoms with Crippen molar-refractivity contribution in [3.05, 3.63) is 83.8 Å². The number of piperazine rings is 1. The second kappa shape index (κ2) is 15.6. The fourth-order valence-electron chi connectivity index (χ4n) is 5.41. The molecule has 2 heterocycles. The summed E-state index contributed by atoms with van der Waals surface area (Å²) < 4.78 is 62.6. The highest BCUT2D eigenvalue weighted by atomic mass is 32.2. The third-order valence-corrected chi connectivity index (χ3v) is 9.13.